The molecule has 0 radical (unpaired) electrons. The molecule has 2 heterocycles. The minimum atomic E-state index is 0.653. The van der Waals surface area contributed by atoms with Crippen LogP contribution in [0.2, 0.25) is 0 Å². The van der Waals surface area contributed by atoms with E-state index in [1.54, 1.807) is 11.3 Å². The van der Waals surface area contributed by atoms with Crippen molar-refractivity contribution in [2.75, 3.05) is 4.90 Å². The Morgan fingerprint density at radius 3 is 1.74 bits per heavy atom. The van der Waals surface area contributed by atoms with Gasteiger partial charge in [-0.3, -0.25) is 0 Å². The molecule has 11 aromatic rings. The number of benzene rings is 9. The molecule has 0 unspecified atom stereocenters. The average molecular weight is 759 g/mol. The molecule has 0 aliphatic carbocycles. The van der Waals surface area contributed by atoms with E-state index >= 15 is 0 Å². The standard InChI is InChI=1S/C53H34N4S/c1-3-17-37(18-4-1)51-54-52(44-27-12-19-35-15-7-9-25-42(35)44)56-53(55-51)46-28-14-30-48-50(46)45-32-31-39(34-49(45)58-48)38-21-11-24-41(33-38)57(40-22-5-2-6-23-40)47-29-13-20-36-16-8-10-26-43(36)47/h1-34H. The average Bonchev–Trinajstić information content (AvgIpc) is 3.68. The molecule has 0 amide bonds. The number of thiophene rings is 1. The molecule has 0 aliphatic heterocycles. The Balaban J connectivity index is 1.04. The molecule has 58 heavy (non-hydrogen) atoms. The van der Waals surface area contributed by atoms with E-state index < -0.39 is 0 Å². The van der Waals surface area contributed by atoms with Gasteiger partial charge in [0.2, 0.25) is 0 Å². The highest BCUT2D eigenvalue weighted by atomic mass is 32.1. The van der Waals surface area contributed by atoms with E-state index in [0.29, 0.717) is 17.5 Å². The zero-order chi connectivity index (χ0) is 38.4. The smallest absolute Gasteiger partial charge is 0.164 e. The topological polar surface area (TPSA) is 41.9 Å². The monoisotopic (exact) mass is 758 g/mol. The first-order chi connectivity index (χ1) is 28.7. The molecule has 0 bridgehead atoms. The van der Waals surface area contributed by atoms with Crippen molar-refractivity contribution in [3.8, 4) is 45.3 Å². The van der Waals surface area contributed by atoms with Crippen LogP contribution < -0.4 is 4.90 Å². The van der Waals surface area contributed by atoms with Gasteiger partial charge in [-0.2, -0.15) is 0 Å². The number of fused-ring (bicyclic) bond motifs is 5. The summed E-state index contributed by atoms with van der Waals surface area (Å²) in [5.41, 5.74) is 8.61. The Morgan fingerprint density at radius 1 is 0.345 bits per heavy atom. The van der Waals surface area contributed by atoms with Crippen LogP contribution in [0.5, 0.6) is 0 Å². The summed E-state index contributed by atoms with van der Waals surface area (Å²) in [4.78, 5) is 17.8. The second-order valence-electron chi connectivity index (χ2n) is 14.4. The lowest BCUT2D eigenvalue weighted by Crippen LogP contribution is -2.10. The lowest BCUT2D eigenvalue weighted by atomic mass is 10.0. The largest absolute Gasteiger partial charge is 0.310 e. The number of para-hydroxylation sites is 1. The number of hydrogen-bond acceptors (Lipinski definition) is 5. The van der Waals surface area contributed by atoms with Crippen LogP contribution in [0.25, 0.3) is 87.0 Å². The van der Waals surface area contributed by atoms with Crippen LogP contribution in [0.1, 0.15) is 0 Å². The van der Waals surface area contributed by atoms with Crippen molar-refractivity contribution in [3.63, 3.8) is 0 Å². The van der Waals surface area contributed by atoms with E-state index in [2.05, 4.69) is 193 Å². The molecule has 0 fully saturated rings. The van der Waals surface area contributed by atoms with Gasteiger partial charge in [0.25, 0.3) is 0 Å². The molecule has 0 saturated carbocycles. The lowest BCUT2D eigenvalue weighted by molar-refractivity contribution is 1.08. The Hall–Kier alpha value is -7.47. The maximum Gasteiger partial charge on any atom is 0.164 e. The summed E-state index contributed by atoms with van der Waals surface area (Å²) in [7, 11) is 0. The quantitative estimate of drug-likeness (QED) is 0.162. The van der Waals surface area contributed by atoms with Crippen molar-refractivity contribution in [2.45, 2.75) is 0 Å². The molecule has 0 saturated heterocycles. The Labute approximate surface area is 340 Å². The first-order valence-corrected chi connectivity index (χ1v) is 20.3. The Bertz CT molecular complexity index is 3290. The first kappa shape index (κ1) is 33.8. The molecular weight excluding hydrogens is 725 g/mol. The fourth-order valence-electron chi connectivity index (χ4n) is 8.18. The molecule has 9 aromatic carbocycles. The summed E-state index contributed by atoms with van der Waals surface area (Å²) >= 11 is 1.81. The molecule has 272 valence electrons. The number of nitrogens with zero attached hydrogens (tertiary/aromatic N) is 4. The van der Waals surface area contributed by atoms with Gasteiger partial charge in [-0.1, -0.05) is 164 Å². The molecule has 4 nitrogen and oxygen atoms in total. The van der Waals surface area contributed by atoms with E-state index in [9.17, 15) is 0 Å². The number of aromatic nitrogens is 3. The van der Waals surface area contributed by atoms with Crippen LogP contribution in [0.3, 0.4) is 0 Å². The first-order valence-electron chi connectivity index (χ1n) is 19.4. The van der Waals surface area contributed by atoms with Gasteiger partial charge >= 0.3 is 0 Å². The predicted octanol–water partition coefficient (Wildman–Crippen LogP) is 14.7. The van der Waals surface area contributed by atoms with E-state index in [0.717, 1.165) is 61.0 Å². The van der Waals surface area contributed by atoms with Crippen LogP contribution in [0, 0.1) is 0 Å². The van der Waals surface area contributed by atoms with E-state index in [-0.39, 0.29) is 0 Å². The van der Waals surface area contributed by atoms with Gasteiger partial charge < -0.3 is 4.90 Å². The van der Waals surface area contributed by atoms with Crippen molar-refractivity contribution < 1.29 is 0 Å². The summed E-state index contributed by atoms with van der Waals surface area (Å²) in [6, 6.07) is 72.9. The third-order valence-corrected chi connectivity index (χ3v) is 12.0. The molecular formula is C53H34N4S. The second kappa shape index (κ2) is 14.2. The predicted molar refractivity (Wildman–Crippen MR) is 244 cm³/mol. The Kier molecular flexibility index (Phi) is 8.30. The van der Waals surface area contributed by atoms with E-state index in [1.807, 2.05) is 18.2 Å². The van der Waals surface area contributed by atoms with Gasteiger partial charge in [0.1, 0.15) is 0 Å². The highest BCUT2D eigenvalue weighted by Crippen LogP contribution is 2.43. The van der Waals surface area contributed by atoms with Crippen LogP contribution in [0.4, 0.5) is 17.1 Å². The van der Waals surface area contributed by atoms with Crippen LogP contribution in [0.15, 0.2) is 206 Å². The molecule has 5 heteroatoms. The zero-order valence-corrected chi connectivity index (χ0v) is 32.1. The summed E-state index contributed by atoms with van der Waals surface area (Å²) in [5.74, 6) is 1.97. The number of hydrogen-bond donors (Lipinski definition) is 0. The van der Waals surface area contributed by atoms with Crippen LogP contribution >= 0.6 is 11.3 Å². The highest BCUT2D eigenvalue weighted by Gasteiger charge is 2.19. The summed E-state index contributed by atoms with van der Waals surface area (Å²) < 4.78 is 2.41. The maximum atomic E-state index is 5.22. The number of rotatable bonds is 7. The third-order valence-electron chi connectivity index (χ3n) is 10.9. The molecule has 0 N–H and O–H groups in total. The van der Waals surface area contributed by atoms with Gasteiger partial charge in [-0.25, -0.2) is 15.0 Å². The number of anilines is 3. The summed E-state index contributed by atoms with van der Waals surface area (Å²) in [6.07, 6.45) is 0. The maximum absolute atomic E-state index is 5.22. The molecule has 0 atom stereocenters. The molecule has 2 aromatic heterocycles. The van der Waals surface area contributed by atoms with Crippen LogP contribution in [-0.2, 0) is 0 Å². The highest BCUT2D eigenvalue weighted by molar-refractivity contribution is 7.26. The van der Waals surface area contributed by atoms with Crippen LogP contribution in [-0.4, -0.2) is 15.0 Å². The van der Waals surface area contributed by atoms with Gasteiger partial charge in [0, 0.05) is 53.6 Å². The fraction of sp³-hybridized carbons (Fsp3) is 0. The van der Waals surface area contributed by atoms with Crippen molar-refractivity contribution in [3.05, 3.63) is 206 Å². The van der Waals surface area contributed by atoms with Crippen molar-refractivity contribution in [1.82, 2.24) is 15.0 Å². The minimum absolute atomic E-state index is 0.653. The zero-order valence-electron chi connectivity index (χ0n) is 31.3. The molecule has 0 spiro atoms. The summed E-state index contributed by atoms with van der Waals surface area (Å²) in [5, 5.41) is 7.02. The lowest BCUT2D eigenvalue weighted by Gasteiger charge is -2.27. The van der Waals surface area contributed by atoms with Gasteiger partial charge in [-0.05, 0) is 69.8 Å². The van der Waals surface area contributed by atoms with Crippen molar-refractivity contribution in [2.24, 2.45) is 0 Å². The minimum Gasteiger partial charge on any atom is -0.310 e. The Morgan fingerprint density at radius 2 is 0.914 bits per heavy atom. The second-order valence-corrected chi connectivity index (χ2v) is 15.5. The van der Waals surface area contributed by atoms with Gasteiger partial charge in [0.05, 0.1) is 5.69 Å². The van der Waals surface area contributed by atoms with E-state index in [4.69, 9.17) is 15.0 Å². The normalized spacial score (nSPS) is 11.4. The molecule has 0 aliphatic rings. The molecule has 11 rings (SSSR count). The van der Waals surface area contributed by atoms with E-state index in [1.165, 1.54) is 25.6 Å². The third kappa shape index (κ3) is 5.97. The SMILES string of the molecule is c1ccc(-c2nc(-c3cccc4ccccc34)nc(-c3cccc4sc5cc(-c6cccc(N(c7ccccc7)c7cccc8ccccc78)c6)ccc5c34)n2)cc1. The van der Waals surface area contributed by atoms with Gasteiger partial charge in [-0.15, -0.1) is 11.3 Å². The van der Waals surface area contributed by atoms with Crippen molar-refractivity contribution >= 4 is 70.1 Å². The fourth-order valence-corrected chi connectivity index (χ4v) is 9.35. The van der Waals surface area contributed by atoms with Gasteiger partial charge in [0.15, 0.2) is 17.5 Å². The summed E-state index contributed by atoms with van der Waals surface area (Å²) in [6.45, 7) is 0. The van der Waals surface area contributed by atoms with Crippen molar-refractivity contribution in [1.29, 1.82) is 0 Å².